The highest BCUT2D eigenvalue weighted by molar-refractivity contribution is 9.09. The van der Waals surface area contributed by atoms with Crippen LogP contribution in [-0.2, 0) is 6.42 Å². The Kier molecular flexibility index (Phi) is 4.08. The molecule has 62 valence electrons. The lowest BCUT2D eigenvalue weighted by Crippen LogP contribution is -2.00. The average Bonchev–Trinajstić information content (AvgIpc) is 2.40. The third kappa shape index (κ3) is 3.34. The molecular formula is C8H12BrNS. The summed E-state index contributed by atoms with van der Waals surface area (Å²) in [5.74, 6) is 0. The number of rotatable bonds is 4. The average molecular weight is 234 g/mol. The van der Waals surface area contributed by atoms with Gasteiger partial charge in [0, 0.05) is 22.8 Å². The topological polar surface area (TPSA) is 12.9 Å². The molecule has 1 unspecified atom stereocenters. The molecule has 0 spiro atoms. The summed E-state index contributed by atoms with van der Waals surface area (Å²) in [4.78, 5) is 4.84. The minimum atomic E-state index is 0.610. The fraction of sp³-hybridized carbons (Fsp3) is 0.625. The number of nitrogens with zero attached hydrogens (tertiary/aromatic N) is 1. The van der Waals surface area contributed by atoms with Crippen LogP contribution < -0.4 is 0 Å². The second-order valence-electron chi connectivity index (χ2n) is 2.52. The summed E-state index contributed by atoms with van der Waals surface area (Å²) in [6.07, 6.45) is 5.41. The molecule has 1 aromatic rings. The number of halogens is 1. The van der Waals surface area contributed by atoms with Crippen molar-refractivity contribution in [1.82, 2.24) is 4.98 Å². The smallest absolute Gasteiger partial charge is 0.0935 e. The summed E-state index contributed by atoms with van der Waals surface area (Å²) >= 11 is 5.36. The molecule has 0 fully saturated rings. The minimum absolute atomic E-state index is 0.610. The van der Waals surface area contributed by atoms with Gasteiger partial charge in [-0.1, -0.05) is 29.3 Å². The highest BCUT2D eigenvalue weighted by atomic mass is 79.9. The molecular weight excluding hydrogens is 222 g/mol. The molecule has 1 heterocycles. The molecule has 0 N–H and O–H groups in total. The first kappa shape index (κ1) is 9.20. The van der Waals surface area contributed by atoms with Crippen molar-refractivity contribution in [3.05, 3.63) is 16.6 Å². The van der Waals surface area contributed by atoms with Gasteiger partial charge in [-0.3, -0.25) is 0 Å². The van der Waals surface area contributed by atoms with Crippen LogP contribution in [0.3, 0.4) is 0 Å². The monoisotopic (exact) mass is 233 g/mol. The highest BCUT2D eigenvalue weighted by Crippen LogP contribution is 2.16. The number of hydrogen-bond donors (Lipinski definition) is 0. The quantitative estimate of drug-likeness (QED) is 0.729. The molecule has 1 aromatic heterocycles. The van der Waals surface area contributed by atoms with Gasteiger partial charge in [0.05, 0.1) is 5.01 Å². The Labute approximate surface area is 80.0 Å². The molecule has 0 amide bonds. The third-order valence-corrected chi connectivity index (χ3v) is 3.07. The zero-order valence-corrected chi connectivity index (χ0v) is 8.99. The molecule has 11 heavy (non-hydrogen) atoms. The Balaban J connectivity index is 2.31. The van der Waals surface area contributed by atoms with Gasteiger partial charge in [-0.25, -0.2) is 4.98 Å². The third-order valence-electron chi connectivity index (χ3n) is 1.48. The molecule has 1 rings (SSSR count). The molecule has 0 aliphatic heterocycles. The SMILES string of the molecule is CCCC(Br)Cc1nccs1. The van der Waals surface area contributed by atoms with Crippen molar-refractivity contribution in [2.45, 2.75) is 31.0 Å². The van der Waals surface area contributed by atoms with E-state index in [0.29, 0.717) is 4.83 Å². The van der Waals surface area contributed by atoms with Crippen LogP contribution in [0.15, 0.2) is 11.6 Å². The Hall–Kier alpha value is 0.110. The van der Waals surface area contributed by atoms with Crippen molar-refractivity contribution < 1.29 is 0 Å². The lowest BCUT2D eigenvalue weighted by molar-refractivity contribution is 0.742. The first-order valence-electron chi connectivity index (χ1n) is 3.85. The van der Waals surface area contributed by atoms with E-state index >= 15 is 0 Å². The number of aromatic nitrogens is 1. The number of hydrogen-bond acceptors (Lipinski definition) is 2. The fourth-order valence-corrected chi connectivity index (χ4v) is 2.64. The molecule has 0 aliphatic carbocycles. The van der Waals surface area contributed by atoms with Crippen LogP contribution in [0.25, 0.3) is 0 Å². The number of alkyl halides is 1. The van der Waals surface area contributed by atoms with Gasteiger partial charge in [0.15, 0.2) is 0 Å². The van der Waals surface area contributed by atoms with Crippen LogP contribution in [0.4, 0.5) is 0 Å². The van der Waals surface area contributed by atoms with E-state index in [1.54, 1.807) is 11.3 Å². The molecule has 0 bridgehead atoms. The summed E-state index contributed by atoms with van der Waals surface area (Å²) in [5, 5.41) is 3.27. The maximum absolute atomic E-state index is 4.23. The molecule has 0 aromatic carbocycles. The van der Waals surface area contributed by atoms with Gasteiger partial charge in [0.1, 0.15) is 0 Å². The van der Waals surface area contributed by atoms with Gasteiger partial charge < -0.3 is 0 Å². The first-order chi connectivity index (χ1) is 5.33. The molecule has 0 saturated heterocycles. The van der Waals surface area contributed by atoms with Crippen molar-refractivity contribution in [2.24, 2.45) is 0 Å². The highest BCUT2D eigenvalue weighted by Gasteiger charge is 2.05. The zero-order valence-electron chi connectivity index (χ0n) is 6.59. The van der Waals surface area contributed by atoms with Gasteiger partial charge >= 0.3 is 0 Å². The van der Waals surface area contributed by atoms with E-state index in [0.717, 1.165) is 6.42 Å². The first-order valence-corrected chi connectivity index (χ1v) is 5.65. The van der Waals surface area contributed by atoms with E-state index in [1.807, 2.05) is 11.6 Å². The molecule has 0 saturated carbocycles. The molecule has 0 radical (unpaired) electrons. The van der Waals surface area contributed by atoms with E-state index in [4.69, 9.17) is 0 Å². The molecule has 0 aliphatic rings. The summed E-state index contributed by atoms with van der Waals surface area (Å²) in [6.45, 7) is 2.20. The molecule has 3 heteroatoms. The van der Waals surface area contributed by atoms with Crippen molar-refractivity contribution >= 4 is 27.3 Å². The molecule has 1 nitrogen and oxygen atoms in total. The standard InChI is InChI=1S/C8H12BrNS/c1-2-3-7(9)6-8-10-4-5-11-8/h4-5,7H,2-3,6H2,1H3. The van der Waals surface area contributed by atoms with E-state index in [9.17, 15) is 0 Å². The largest absolute Gasteiger partial charge is 0.250 e. The Morgan fingerprint density at radius 1 is 1.73 bits per heavy atom. The van der Waals surface area contributed by atoms with Crippen LogP contribution in [0.2, 0.25) is 0 Å². The fourth-order valence-electron chi connectivity index (χ4n) is 0.959. The minimum Gasteiger partial charge on any atom is -0.250 e. The van der Waals surface area contributed by atoms with Crippen LogP contribution in [-0.4, -0.2) is 9.81 Å². The second kappa shape index (κ2) is 4.88. The summed E-state index contributed by atoms with van der Waals surface area (Å²) < 4.78 is 0. The van der Waals surface area contributed by atoms with Gasteiger partial charge in [-0.15, -0.1) is 11.3 Å². The van der Waals surface area contributed by atoms with Crippen LogP contribution >= 0.6 is 27.3 Å². The van der Waals surface area contributed by atoms with Crippen LogP contribution in [0, 0.1) is 0 Å². The summed E-state index contributed by atoms with van der Waals surface area (Å²) in [6, 6.07) is 0. The van der Waals surface area contributed by atoms with Gasteiger partial charge in [-0.2, -0.15) is 0 Å². The maximum atomic E-state index is 4.23. The molecule has 1 atom stereocenters. The Morgan fingerprint density at radius 3 is 3.09 bits per heavy atom. The normalized spacial score (nSPS) is 13.3. The van der Waals surface area contributed by atoms with E-state index in [2.05, 4.69) is 27.8 Å². The lowest BCUT2D eigenvalue weighted by atomic mass is 10.2. The summed E-state index contributed by atoms with van der Waals surface area (Å²) in [5.41, 5.74) is 0. The van der Waals surface area contributed by atoms with E-state index in [1.165, 1.54) is 17.8 Å². The van der Waals surface area contributed by atoms with Crippen molar-refractivity contribution in [2.75, 3.05) is 0 Å². The maximum Gasteiger partial charge on any atom is 0.0935 e. The number of thiazole rings is 1. The zero-order chi connectivity index (χ0) is 8.10. The van der Waals surface area contributed by atoms with Gasteiger partial charge in [0.2, 0.25) is 0 Å². The van der Waals surface area contributed by atoms with Crippen LogP contribution in [0.1, 0.15) is 24.8 Å². The van der Waals surface area contributed by atoms with Crippen molar-refractivity contribution in [3.63, 3.8) is 0 Å². The van der Waals surface area contributed by atoms with Crippen molar-refractivity contribution in [3.8, 4) is 0 Å². The van der Waals surface area contributed by atoms with Gasteiger partial charge in [0.25, 0.3) is 0 Å². The Bertz CT molecular complexity index is 186. The van der Waals surface area contributed by atoms with E-state index in [-0.39, 0.29) is 0 Å². The summed E-state index contributed by atoms with van der Waals surface area (Å²) in [7, 11) is 0. The predicted molar refractivity (Wildman–Crippen MR) is 53.4 cm³/mol. The second-order valence-corrected chi connectivity index (χ2v) is 4.79. The van der Waals surface area contributed by atoms with Gasteiger partial charge in [-0.05, 0) is 6.42 Å². The predicted octanol–water partition coefficient (Wildman–Crippen LogP) is 3.25. The van der Waals surface area contributed by atoms with Crippen molar-refractivity contribution in [1.29, 1.82) is 0 Å². The Morgan fingerprint density at radius 2 is 2.55 bits per heavy atom. The lowest BCUT2D eigenvalue weighted by Gasteiger charge is -2.03. The van der Waals surface area contributed by atoms with Crippen LogP contribution in [0.5, 0.6) is 0 Å². The van der Waals surface area contributed by atoms with E-state index < -0.39 is 0 Å².